The smallest absolute Gasteiger partial charge is 0.327 e. The van der Waals surface area contributed by atoms with E-state index in [1.54, 1.807) is 6.08 Å². The fraction of sp³-hybridized carbons (Fsp3) is 0.706. The van der Waals surface area contributed by atoms with Crippen LogP contribution < -0.4 is 0 Å². The van der Waals surface area contributed by atoms with E-state index in [0.717, 1.165) is 32.1 Å². The van der Waals surface area contributed by atoms with E-state index >= 15 is 0 Å². The van der Waals surface area contributed by atoms with E-state index in [2.05, 4.69) is 18.8 Å². The fourth-order valence-electron chi connectivity index (χ4n) is 1.83. The Hall–Kier alpha value is -1.23. The van der Waals surface area contributed by atoms with Crippen LogP contribution in [0.3, 0.4) is 0 Å². The molecule has 0 atom stereocenters. The van der Waals surface area contributed by atoms with Crippen molar-refractivity contribution in [1.29, 1.82) is 0 Å². The van der Waals surface area contributed by atoms with Gasteiger partial charge in [-0.25, -0.2) is 4.79 Å². The molecule has 0 saturated carbocycles. The summed E-state index contributed by atoms with van der Waals surface area (Å²) in [7, 11) is 0. The molecule has 2 heteroatoms. The molecule has 19 heavy (non-hydrogen) atoms. The molecule has 0 bridgehead atoms. The third kappa shape index (κ3) is 16.8. The highest BCUT2D eigenvalue weighted by Crippen LogP contribution is 2.06. The number of carboxylic acid groups (broad SMARTS) is 1. The SMILES string of the molecule is CCCCCCCCC#CCCCC/C=C/C(=O)O. The second-order valence-electron chi connectivity index (χ2n) is 4.86. The van der Waals surface area contributed by atoms with Crippen molar-refractivity contribution in [3.05, 3.63) is 12.2 Å². The summed E-state index contributed by atoms with van der Waals surface area (Å²) in [6.45, 7) is 2.24. The first-order chi connectivity index (χ1) is 9.27. The van der Waals surface area contributed by atoms with Crippen molar-refractivity contribution in [1.82, 2.24) is 0 Å². The number of hydrogen-bond donors (Lipinski definition) is 1. The maximum Gasteiger partial charge on any atom is 0.327 e. The Morgan fingerprint density at radius 1 is 0.947 bits per heavy atom. The van der Waals surface area contributed by atoms with Gasteiger partial charge < -0.3 is 5.11 Å². The number of carbonyl (C=O) groups is 1. The topological polar surface area (TPSA) is 37.3 Å². The number of carboxylic acids is 1. The van der Waals surface area contributed by atoms with E-state index in [4.69, 9.17) is 5.11 Å². The molecule has 0 spiro atoms. The monoisotopic (exact) mass is 264 g/mol. The van der Waals surface area contributed by atoms with Gasteiger partial charge in [-0.15, -0.1) is 11.8 Å². The van der Waals surface area contributed by atoms with Crippen molar-refractivity contribution >= 4 is 5.97 Å². The van der Waals surface area contributed by atoms with Crippen molar-refractivity contribution in [2.75, 3.05) is 0 Å². The van der Waals surface area contributed by atoms with E-state index in [0.29, 0.717) is 0 Å². The molecule has 0 aliphatic rings. The summed E-state index contributed by atoms with van der Waals surface area (Å²) in [5.74, 6) is 5.56. The van der Waals surface area contributed by atoms with E-state index in [1.165, 1.54) is 44.6 Å². The number of hydrogen-bond acceptors (Lipinski definition) is 1. The summed E-state index contributed by atoms with van der Waals surface area (Å²) < 4.78 is 0. The first kappa shape index (κ1) is 17.8. The quantitative estimate of drug-likeness (QED) is 0.326. The second kappa shape index (κ2) is 14.8. The van der Waals surface area contributed by atoms with Crippen LogP contribution in [0.1, 0.15) is 77.6 Å². The standard InChI is InChI=1S/C17H28O2/c1-2-3-4-5-6-7-8-9-10-11-12-13-14-15-16-17(18)19/h15-16H,2-8,11-14H2,1H3,(H,18,19)/b16-15+. The summed E-state index contributed by atoms with van der Waals surface area (Å²) in [5, 5.41) is 8.40. The van der Waals surface area contributed by atoms with Gasteiger partial charge in [-0.05, 0) is 25.7 Å². The fourth-order valence-corrected chi connectivity index (χ4v) is 1.83. The molecule has 2 nitrogen and oxygen atoms in total. The molecule has 0 radical (unpaired) electrons. The first-order valence-electron chi connectivity index (χ1n) is 7.62. The lowest BCUT2D eigenvalue weighted by atomic mass is 10.1. The lowest BCUT2D eigenvalue weighted by Crippen LogP contribution is -1.85. The maximum atomic E-state index is 10.2. The Balaban J connectivity index is 3.20. The van der Waals surface area contributed by atoms with Gasteiger partial charge in [-0.3, -0.25) is 0 Å². The van der Waals surface area contributed by atoms with Gasteiger partial charge in [-0.1, -0.05) is 45.1 Å². The predicted molar refractivity (Wildman–Crippen MR) is 81.0 cm³/mol. The van der Waals surface area contributed by atoms with Gasteiger partial charge in [-0.2, -0.15) is 0 Å². The summed E-state index contributed by atoms with van der Waals surface area (Å²) in [5.41, 5.74) is 0. The van der Waals surface area contributed by atoms with Crippen molar-refractivity contribution in [2.24, 2.45) is 0 Å². The Bertz CT molecular complexity index is 294. The van der Waals surface area contributed by atoms with Gasteiger partial charge in [0.05, 0.1) is 0 Å². The molecule has 1 N–H and O–H groups in total. The average molecular weight is 264 g/mol. The predicted octanol–water partition coefficient (Wildman–Crippen LogP) is 4.94. The summed E-state index contributed by atoms with van der Waals surface area (Å²) in [6, 6.07) is 0. The molecular weight excluding hydrogens is 236 g/mol. The zero-order chi connectivity index (χ0) is 14.2. The Morgan fingerprint density at radius 2 is 1.53 bits per heavy atom. The summed E-state index contributed by atoms with van der Waals surface area (Å²) in [4.78, 5) is 10.2. The normalized spacial score (nSPS) is 10.4. The van der Waals surface area contributed by atoms with Gasteiger partial charge in [0.1, 0.15) is 0 Å². The van der Waals surface area contributed by atoms with Crippen LogP contribution in [0.2, 0.25) is 0 Å². The Morgan fingerprint density at radius 3 is 2.16 bits per heavy atom. The largest absolute Gasteiger partial charge is 0.478 e. The molecule has 0 aromatic heterocycles. The Labute approximate surface area is 118 Å². The molecule has 0 saturated heterocycles. The van der Waals surface area contributed by atoms with Crippen LogP contribution in [0.15, 0.2) is 12.2 Å². The molecule has 0 rings (SSSR count). The van der Waals surface area contributed by atoms with Crippen LogP contribution in [-0.4, -0.2) is 11.1 Å². The van der Waals surface area contributed by atoms with Gasteiger partial charge in [0.2, 0.25) is 0 Å². The third-order valence-corrected chi connectivity index (χ3v) is 2.96. The van der Waals surface area contributed by atoms with E-state index in [9.17, 15) is 4.79 Å². The van der Waals surface area contributed by atoms with Gasteiger partial charge in [0.25, 0.3) is 0 Å². The number of aliphatic carboxylic acids is 1. The van der Waals surface area contributed by atoms with Crippen LogP contribution in [0, 0.1) is 11.8 Å². The zero-order valence-corrected chi connectivity index (χ0v) is 12.3. The molecule has 108 valence electrons. The lowest BCUT2D eigenvalue weighted by Gasteiger charge is -1.96. The molecule has 0 aliphatic heterocycles. The summed E-state index contributed by atoms with van der Waals surface area (Å²) in [6.07, 6.45) is 15.8. The minimum Gasteiger partial charge on any atom is -0.478 e. The van der Waals surface area contributed by atoms with E-state index in [-0.39, 0.29) is 0 Å². The van der Waals surface area contributed by atoms with Crippen molar-refractivity contribution in [3.8, 4) is 11.8 Å². The van der Waals surface area contributed by atoms with Crippen molar-refractivity contribution in [3.63, 3.8) is 0 Å². The van der Waals surface area contributed by atoms with Crippen LogP contribution in [-0.2, 0) is 4.79 Å². The van der Waals surface area contributed by atoms with Crippen molar-refractivity contribution < 1.29 is 9.90 Å². The molecule has 0 aromatic carbocycles. The molecule has 0 aliphatic carbocycles. The van der Waals surface area contributed by atoms with Gasteiger partial charge in [0.15, 0.2) is 0 Å². The zero-order valence-electron chi connectivity index (χ0n) is 12.3. The van der Waals surface area contributed by atoms with Gasteiger partial charge in [0, 0.05) is 18.9 Å². The van der Waals surface area contributed by atoms with E-state index < -0.39 is 5.97 Å². The number of rotatable bonds is 11. The first-order valence-corrected chi connectivity index (χ1v) is 7.62. The molecule has 0 aromatic rings. The third-order valence-electron chi connectivity index (χ3n) is 2.96. The van der Waals surface area contributed by atoms with Gasteiger partial charge >= 0.3 is 5.97 Å². The van der Waals surface area contributed by atoms with Crippen LogP contribution >= 0.6 is 0 Å². The molecule has 0 amide bonds. The highest BCUT2D eigenvalue weighted by molar-refractivity contribution is 5.79. The lowest BCUT2D eigenvalue weighted by molar-refractivity contribution is -0.131. The minimum absolute atomic E-state index is 0.839. The maximum absolute atomic E-state index is 10.2. The van der Waals surface area contributed by atoms with Crippen LogP contribution in [0.5, 0.6) is 0 Å². The highest BCUT2D eigenvalue weighted by Gasteiger charge is 1.88. The molecule has 0 fully saturated rings. The van der Waals surface area contributed by atoms with Crippen molar-refractivity contribution in [2.45, 2.75) is 77.6 Å². The highest BCUT2D eigenvalue weighted by atomic mass is 16.4. The average Bonchev–Trinajstić information content (AvgIpc) is 2.39. The molecule has 0 heterocycles. The molecule has 0 unspecified atom stereocenters. The number of unbranched alkanes of at least 4 members (excludes halogenated alkanes) is 9. The van der Waals surface area contributed by atoms with E-state index in [1.807, 2.05) is 0 Å². The Kier molecular flexibility index (Phi) is 13.9. The minimum atomic E-state index is -0.862. The van der Waals surface area contributed by atoms with Crippen LogP contribution in [0.4, 0.5) is 0 Å². The molecular formula is C17H28O2. The van der Waals surface area contributed by atoms with Crippen LogP contribution in [0.25, 0.3) is 0 Å². The second-order valence-corrected chi connectivity index (χ2v) is 4.86. The number of allylic oxidation sites excluding steroid dienone is 1. The summed E-state index contributed by atoms with van der Waals surface area (Å²) >= 11 is 0.